The fraction of sp³-hybridized carbons (Fsp3) is 0.385. The van der Waals surface area contributed by atoms with Gasteiger partial charge in [0.1, 0.15) is 0 Å². The van der Waals surface area contributed by atoms with Crippen LogP contribution in [0, 0.1) is 18.6 Å². The molecule has 0 amide bonds. The summed E-state index contributed by atoms with van der Waals surface area (Å²) in [7, 11) is -3.53. The summed E-state index contributed by atoms with van der Waals surface area (Å²) >= 11 is 0. The van der Waals surface area contributed by atoms with Crippen molar-refractivity contribution in [3.05, 3.63) is 87.1 Å². The van der Waals surface area contributed by atoms with Crippen LogP contribution in [-0.4, -0.2) is 30.3 Å². The lowest BCUT2D eigenvalue weighted by Crippen LogP contribution is -2.45. The molecule has 0 saturated heterocycles. The van der Waals surface area contributed by atoms with E-state index in [-0.39, 0.29) is 17.2 Å². The van der Waals surface area contributed by atoms with Crippen LogP contribution in [0.2, 0.25) is 0 Å². The fourth-order valence-corrected chi connectivity index (χ4v) is 5.70. The van der Waals surface area contributed by atoms with E-state index in [1.165, 1.54) is 0 Å². The first-order chi connectivity index (χ1) is 16.4. The molecule has 0 saturated carbocycles. The van der Waals surface area contributed by atoms with E-state index >= 15 is 0 Å². The smallest absolute Gasteiger partial charge is 0.257 e. The van der Waals surface area contributed by atoms with Crippen LogP contribution in [0.5, 0.6) is 0 Å². The van der Waals surface area contributed by atoms with Gasteiger partial charge in [-0.25, -0.2) is 26.9 Å². The molecular formula is C26H29F2N3O3S. The summed E-state index contributed by atoms with van der Waals surface area (Å²) in [6, 6.07) is 9.20. The Kier molecular flexibility index (Phi) is 6.92. The van der Waals surface area contributed by atoms with Gasteiger partial charge in [0.15, 0.2) is 11.6 Å². The molecule has 186 valence electrons. The van der Waals surface area contributed by atoms with Crippen molar-refractivity contribution >= 4 is 10.0 Å². The number of nitrogens with one attached hydrogen (secondary N) is 1. The first-order valence-corrected chi connectivity index (χ1v) is 13.5. The van der Waals surface area contributed by atoms with Gasteiger partial charge in [-0.1, -0.05) is 24.3 Å². The molecule has 3 aromatic rings. The van der Waals surface area contributed by atoms with Crippen LogP contribution < -0.4 is 10.3 Å². The average molecular weight is 502 g/mol. The largest absolute Gasteiger partial charge is 0.296 e. The number of rotatable bonds is 6. The van der Waals surface area contributed by atoms with Gasteiger partial charge < -0.3 is 0 Å². The summed E-state index contributed by atoms with van der Waals surface area (Å²) in [5, 5.41) is 0. The van der Waals surface area contributed by atoms with Gasteiger partial charge in [-0.2, -0.15) is 0 Å². The summed E-state index contributed by atoms with van der Waals surface area (Å²) in [5.41, 5.74) is 3.04. The number of aromatic nitrogens is 2. The van der Waals surface area contributed by atoms with Gasteiger partial charge in [0.05, 0.1) is 18.3 Å². The lowest BCUT2D eigenvalue weighted by Gasteiger charge is -2.33. The number of sulfonamides is 1. The third-order valence-electron chi connectivity index (χ3n) is 6.45. The Morgan fingerprint density at radius 3 is 2.63 bits per heavy atom. The Labute approximate surface area is 204 Å². The van der Waals surface area contributed by atoms with Crippen molar-refractivity contribution in [1.82, 2.24) is 14.3 Å². The van der Waals surface area contributed by atoms with Crippen LogP contribution in [0.15, 0.2) is 47.5 Å². The van der Waals surface area contributed by atoms with E-state index < -0.39 is 33.6 Å². The standard InChI is InChI=1S/C26H29F2N3O3S/c1-15(2)31-14-29-23-9-8-22(30-35(4,33)34)20(24(23)26(31)32)13-17-6-5-7-18(12-17)19-10-16(3)11-21(27)25(19)28/h5-7,10-12,14-15,20,22,30H,8-9,13H2,1-4H3. The van der Waals surface area contributed by atoms with Gasteiger partial charge in [-0.15, -0.1) is 0 Å². The van der Waals surface area contributed by atoms with Gasteiger partial charge >= 0.3 is 0 Å². The van der Waals surface area contributed by atoms with Gasteiger partial charge in [0, 0.05) is 29.1 Å². The van der Waals surface area contributed by atoms with E-state index in [4.69, 9.17) is 0 Å². The molecule has 1 heterocycles. The van der Waals surface area contributed by atoms with Crippen LogP contribution in [-0.2, 0) is 22.9 Å². The second-order valence-corrected chi connectivity index (χ2v) is 11.3. The third-order valence-corrected chi connectivity index (χ3v) is 7.18. The molecule has 2 unspecified atom stereocenters. The van der Waals surface area contributed by atoms with E-state index in [0.29, 0.717) is 41.6 Å². The average Bonchev–Trinajstić information content (AvgIpc) is 2.77. The van der Waals surface area contributed by atoms with E-state index in [0.717, 1.165) is 17.9 Å². The van der Waals surface area contributed by atoms with Gasteiger partial charge in [0.2, 0.25) is 10.0 Å². The number of aryl methyl sites for hydroxylation is 2. The van der Waals surface area contributed by atoms with Crippen molar-refractivity contribution in [2.75, 3.05) is 6.26 Å². The van der Waals surface area contributed by atoms with Crippen molar-refractivity contribution in [2.24, 2.45) is 0 Å². The Balaban J connectivity index is 1.80. The zero-order valence-electron chi connectivity index (χ0n) is 20.2. The molecule has 1 aliphatic rings. The number of hydrogen-bond acceptors (Lipinski definition) is 4. The maximum atomic E-state index is 14.6. The first-order valence-electron chi connectivity index (χ1n) is 11.6. The van der Waals surface area contributed by atoms with Gasteiger partial charge in [0.25, 0.3) is 5.56 Å². The molecule has 4 rings (SSSR count). The molecule has 9 heteroatoms. The molecule has 1 aromatic heterocycles. The molecule has 1 aliphatic carbocycles. The number of fused-ring (bicyclic) bond motifs is 1. The Morgan fingerprint density at radius 1 is 1.20 bits per heavy atom. The van der Waals surface area contributed by atoms with Crippen molar-refractivity contribution in [3.8, 4) is 11.1 Å². The maximum absolute atomic E-state index is 14.6. The molecular weight excluding hydrogens is 472 g/mol. The normalized spacial score (nSPS) is 18.0. The lowest BCUT2D eigenvalue weighted by molar-refractivity contribution is 0.413. The molecule has 0 aliphatic heterocycles. The van der Waals surface area contributed by atoms with E-state index in [1.807, 2.05) is 19.9 Å². The molecule has 35 heavy (non-hydrogen) atoms. The fourth-order valence-electron chi connectivity index (χ4n) is 4.87. The lowest BCUT2D eigenvalue weighted by atomic mass is 9.78. The number of nitrogens with zero attached hydrogens (tertiary/aromatic N) is 2. The summed E-state index contributed by atoms with van der Waals surface area (Å²) in [5.74, 6) is -2.30. The highest BCUT2D eigenvalue weighted by Gasteiger charge is 2.35. The highest BCUT2D eigenvalue weighted by molar-refractivity contribution is 7.88. The second kappa shape index (κ2) is 9.62. The summed E-state index contributed by atoms with van der Waals surface area (Å²) in [6.07, 6.45) is 3.97. The van der Waals surface area contributed by atoms with E-state index in [2.05, 4.69) is 9.71 Å². The minimum atomic E-state index is -3.53. The predicted molar refractivity (Wildman–Crippen MR) is 132 cm³/mol. The summed E-state index contributed by atoms with van der Waals surface area (Å²) in [6.45, 7) is 5.47. The zero-order chi connectivity index (χ0) is 25.5. The summed E-state index contributed by atoms with van der Waals surface area (Å²) in [4.78, 5) is 17.9. The first kappa shape index (κ1) is 25.2. The van der Waals surface area contributed by atoms with Crippen LogP contribution in [0.3, 0.4) is 0 Å². The Bertz CT molecular complexity index is 1430. The molecule has 0 spiro atoms. The van der Waals surface area contributed by atoms with Crippen LogP contribution in [0.1, 0.15) is 54.6 Å². The predicted octanol–water partition coefficient (Wildman–Crippen LogP) is 4.27. The molecule has 0 fully saturated rings. The number of hydrogen-bond donors (Lipinski definition) is 1. The highest BCUT2D eigenvalue weighted by atomic mass is 32.2. The van der Waals surface area contributed by atoms with Crippen molar-refractivity contribution in [3.63, 3.8) is 0 Å². The van der Waals surface area contributed by atoms with Gasteiger partial charge in [-0.05, 0) is 68.9 Å². The monoisotopic (exact) mass is 501 g/mol. The minimum absolute atomic E-state index is 0.105. The van der Waals surface area contributed by atoms with Crippen molar-refractivity contribution in [1.29, 1.82) is 0 Å². The van der Waals surface area contributed by atoms with Crippen molar-refractivity contribution in [2.45, 2.75) is 58.0 Å². The third kappa shape index (κ3) is 5.36. The number of benzene rings is 2. The SMILES string of the molecule is Cc1cc(F)c(F)c(-c2cccc(CC3c4c(ncn(C(C)C)c4=O)CCC3NS(C)(=O)=O)c2)c1. The molecule has 1 N–H and O–H groups in total. The molecule has 2 atom stereocenters. The van der Waals surface area contributed by atoms with Crippen LogP contribution in [0.4, 0.5) is 8.78 Å². The van der Waals surface area contributed by atoms with E-state index in [9.17, 15) is 22.0 Å². The molecule has 0 radical (unpaired) electrons. The summed E-state index contributed by atoms with van der Waals surface area (Å²) < 4.78 is 57.1. The molecule has 0 bridgehead atoms. The van der Waals surface area contributed by atoms with E-state index in [1.54, 1.807) is 42.1 Å². The zero-order valence-corrected chi connectivity index (χ0v) is 21.0. The Morgan fingerprint density at radius 2 is 1.94 bits per heavy atom. The minimum Gasteiger partial charge on any atom is -0.296 e. The van der Waals surface area contributed by atoms with Gasteiger partial charge in [-0.3, -0.25) is 9.36 Å². The topological polar surface area (TPSA) is 81.1 Å². The number of halogens is 2. The maximum Gasteiger partial charge on any atom is 0.257 e. The van der Waals surface area contributed by atoms with Crippen LogP contribution in [0.25, 0.3) is 11.1 Å². The molecule has 6 nitrogen and oxygen atoms in total. The molecule has 2 aromatic carbocycles. The quantitative estimate of drug-likeness (QED) is 0.547. The van der Waals surface area contributed by atoms with Crippen LogP contribution >= 0.6 is 0 Å². The van der Waals surface area contributed by atoms with Crippen molar-refractivity contribution < 1.29 is 17.2 Å². The second-order valence-electron chi connectivity index (χ2n) is 9.57. The Hall–Kier alpha value is -2.91. The highest BCUT2D eigenvalue weighted by Crippen LogP contribution is 2.34.